The molecule has 0 saturated carbocycles. The van der Waals surface area contributed by atoms with Gasteiger partial charge in [0.25, 0.3) is 0 Å². The number of carboxylic acids is 1. The second kappa shape index (κ2) is 7.61. The summed E-state index contributed by atoms with van der Waals surface area (Å²) in [6.07, 6.45) is 0. The summed E-state index contributed by atoms with van der Waals surface area (Å²) in [7, 11) is 0. The molecule has 2 N–H and O–H groups in total. The van der Waals surface area contributed by atoms with Crippen molar-refractivity contribution in [2.75, 3.05) is 5.75 Å². The molecule has 4 nitrogen and oxygen atoms in total. The van der Waals surface area contributed by atoms with E-state index in [0.717, 1.165) is 11.8 Å². The Labute approximate surface area is 139 Å². The highest BCUT2D eigenvalue weighted by atomic mass is 35.5. The number of rotatable bonds is 5. The molecule has 20 heavy (non-hydrogen) atoms. The number of benzene rings is 1. The molecule has 0 aliphatic heterocycles. The fraction of sp³-hybridized carbons (Fsp3) is 0.273. The van der Waals surface area contributed by atoms with Crippen LogP contribution in [0.4, 0.5) is 0 Å². The molecule has 0 radical (unpaired) electrons. The van der Waals surface area contributed by atoms with Gasteiger partial charge in [0.05, 0.1) is 20.1 Å². The van der Waals surface area contributed by atoms with E-state index in [1.807, 2.05) is 0 Å². The maximum absolute atomic E-state index is 11.0. The van der Waals surface area contributed by atoms with Crippen molar-refractivity contribution in [1.82, 2.24) is 5.32 Å². The SMILES string of the molecule is CC(=O)N[C@@H](CSc1c(Cl)cc(Cl)c(Cl)c1Cl)C(=O)O. The molecule has 0 unspecified atom stereocenters. The van der Waals surface area contributed by atoms with Gasteiger partial charge in [0.1, 0.15) is 6.04 Å². The Morgan fingerprint density at radius 3 is 2.35 bits per heavy atom. The minimum Gasteiger partial charge on any atom is -0.480 e. The third kappa shape index (κ3) is 4.60. The van der Waals surface area contributed by atoms with Crippen LogP contribution in [0.15, 0.2) is 11.0 Å². The maximum atomic E-state index is 11.0. The van der Waals surface area contributed by atoms with Gasteiger partial charge in [-0.1, -0.05) is 46.4 Å². The van der Waals surface area contributed by atoms with E-state index in [1.165, 1.54) is 13.0 Å². The van der Waals surface area contributed by atoms with E-state index in [-0.39, 0.29) is 25.8 Å². The van der Waals surface area contributed by atoms with Crippen LogP contribution in [0.2, 0.25) is 20.1 Å². The number of thioether (sulfide) groups is 1. The maximum Gasteiger partial charge on any atom is 0.327 e. The number of carbonyl (C=O) groups is 2. The van der Waals surface area contributed by atoms with Gasteiger partial charge in [0.2, 0.25) is 5.91 Å². The van der Waals surface area contributed by atoms with E-state index < -0.39 is 17.9 Å². The number of hydrogen-bond acceptors (Lipinski definition) is 3. The van der Waals surface area contributed by atoms with Gasteiger partial charge in [-0.3, -0.25) is 4.79 Å². The van der Waals surface area contributed by atoms with Gasteiger partial charge in [0.15, 0.2) is 0 Å². The van der Waals surface area contributed by atoms with E-state index in [9.17, 15) is 9.59 Å². The fourth-order valence-electron chi connectivity index (χ4n) is 1.27. The number of carbonyl (C=O) groups excluding carboxylic acids is 1. The molecule has 0 aliphatic rings. The number of carboxylic acid groups (broad SMARTS) is 1. The predicted molar refractivity (Wildman–Crippen MR) is 82.4 cm³/mol. The molecule has 1 amide bonds. The molecule has 1 atom stereocenters. The second-order valence-corrected chi connectivity index (χ2v) is 6.30. The summed E-state index contributed by atoms with van der Waals surface area (Å²) in [6.45, 7) is 1.24. The van der Waals surface area contributed by atoms with Crippen molar-refractivity contribution in [3.63, 3.8) is 0 Å². The number of halogens is 4. The molecule has 0 heterocycles. The molecular weight excluding hydrogens is 368 g/mol. The Hall–Kier alpha value is -0.330. The van der Waals surface area contributed by atoms with Crippen molar-refractivity contribution in [3.05, 3.63) is 26.2 Å². The summed E-state index contributed by atoms with van der Waals surface area (Å²) >= 11 is 24.8. The summed E-state index contributed by atoms with van der Waals surface area (Å²) in [4.78, 5) is 22.4. The highest BCUT2D eigenvalue weighted by molar-refractivity contribution is 7.99. The number of amides is 1. The van der Waals surface area contributed by atoms with Gasteiger partial charge < -0.3 is 10.4 Å². The van der Waals surface area contributed by atoms with Crippen LogP contribution in [-0.2, 0) is 9.59 Å². The summed E-state index contributed by atoms with van der Waals surface area (Å²) in [5.41, 5.74) is 0. The molecule has 0 fully saturated rings. The first-order chi connectivity index (χ1) is 9.23. The highest BCUT2D eigenvalue weighted by Gasteiger charge is 2.21. The Bertz CT molecular complexity index is 553. The molecule has 0 aliphatic carbocycles. The lowest BCUT2D eigenvalue weighted by molar-refractivity contribution is -0.140. The average Bonchev–Trinajstić information content (AvgIpc) is 2.33. The second-order valence-electron chi connectivity index (χ2n) is 3.70. The van der Waals surface area contributed by atoms with Gasteiger partial charge in [-0.2, -0.15) is 0 Å². The smallest absolute Gasteiger partial charge is 0.327 e. The van der Waals surface area contributed by atoms with Crippen molar-refractivity contribution in [3.8, 4) is 0 Å². The molecule has 0 aromatic heterocycles. The third-order valence-electron chi connectivity index (χ3n) is 2.14. The average molecular weight is 377 g/mol. The minimum absolute atomic E-state index is 0.0479. The summed E-state index contributed by atoms with van der Waals surface area (Å²) in [6, 6.07) is 0.368. The zero-order valence-electron chi connectivity index (χ0n) is 10.0. The van der Waals surface area contributed by atoms with Gasteiger partial charge in [-0.25, -0.2) is 4.79 Å². The van der Waals surface area contributed by atoms with Gasteiger partial charge in [-0.15, -0.1) is 11.8 Å². The van der Waals surface area contributed by atoms with Crippen LogP contribution in [0.25, 0.3) is 0 Å². The first-order valence-electron chi connectivity index (χ1n) is 5.19. The topological polar surface area (TPSA) is 66.4 Å². The van der Waals surface area contributed by atoms with Crippen molar-refractivity contribution in [2.24, 2.45) is 0 Å². The molecule has 1 aromatic rings. The molecule has 0 spiro atoms. The monoisotopic (exact) mass is 375 g/mol. The quantitative estimate of drug-likeness (QED) is 0.463. The van der Waals surface area contributed by atoms with Crippen LogP contribution in [0.3, 0.4) is 0 Å². The van der Waals surface area contributed by atoms with Gasteiger partial charge in [0, 0.05) is 17.6 Å². The summed E-state index contributed by atoms with van der Waals surface area (Å²) in [5, 5.41) is 12.1. The molecule has 0 bridgehead atoms. The van der Waals surface area contributed by atoms with Crippen molar-refractivity contribution < 1.29 is 14.7 Å². The number of hydrogen-bond donors (Lipinski definition) is 2. The van der Waals surface area contributed by atoms with Crippen LogP contribution >= 0.6 is 58.2 Å². The molecule has 9 heteroatoms. The van der Waals surface area contributed by atoms with Gasteiger partial charge >= 0.3 is 5.97 Å². The van der Waals surface area contributed by atoms with E-state index >= 15 is 0 Å². The zero-order valence-corrected chi connectivity index (χ0v) is 13.9. The largest absolute Gasteiger partial charge is 0.480 e. The Morgan fingerprint density at radius 2 is 1.85 bits per heavy atom. The van der Waals surface area contributed by atoms with Gasteiger partial charge in [-0.05, 0) is 6.07 Å². The Kier molecular flexibility index (Phi) is 6.75. The predicted octanol–water partition coefficient (Wildman–Crippen LogP) is 3.98. The van der Waals surface area contributed by atoms with E-state index in [4.69, 9.17) is 51.5 Å². The Balaban J connectivity index is 2.91. The number of aliphatic carboxylic acids is 1. The van der Waals surface area contributed by atoms with E-state index in [2.05, 4.69) is 5.32 Å². The molecule has 0 saturated heterocycles. The molecule has 1 rings (SSSR count). The van der Waals surface area contributed by atoms with Crippen LogP contribution < -0.4 is 5.32 Å². The lowest BCUT2D eigenvalue weighted by Gasteiger charge is -2.14. The molecule has 1 aromatic carbocycles. The summed E-state index contributed by atoms with van der Waals surface area (Å²) < 4.78 is 0. The fourth-order valence-corrected chi connectivity index (χ4v) is 3.55. The van der Waals surface area contributed by atoms with Crippen molar-refractivity contribution >= 4 is 70.0 Å². The minimum atomic E-state index is -1.15. The van der Waals surface area contributed by atoms with Crippen molar-refractivity contribution in [2.45, 2.75) is 17.9 Å². The van der Waals surface area contributed by atoms with Crippen LogP contribution in [-0.4, -0.2) is 28.8 Å². The van der Waals surface area contributed by atoms with Crippen molar-refractivity contribution in [1.29, 1.82) is 0 Å². The first-order valence-corrected chi connectivity index (χ1v) is 7.69. The molecular formula is C11H9Cl4NO3S. The Morgan fingerprint density at radius 1 is 1.25 bits per heavy atom. The third-order valence-corrected chi connectivity index (χ3v) is 5.14. The van der Waals surface area contributed by atoms with Crippen LogP contribution in [0, 0.1) is 0 Å². The normalized spacial score (nSPS) is 12.1. The van der Waals surface area contributed by atoms with E-state index in [0.29, 0.717) is 4.90 Å². The van der Waals surface area contributed by atoms with Crippen LogP contribution in [0.5, 0.6) is 0 Å². The lowest BCUT2D eigenvalue weighted by atomic mass is 10.3. The number of nitrogens with one attached hydrogen (secondary N) is 1. The van der Waals surface area contributed by atoms with E-state index in [1.54, 1.807) is 0 Å². The summed E-state index contributed by atoms with van der Waals surface area (Å²) in [5.74, 6) is -1.55. The highest BCUT2D eigenvalue weighted by Crippen LogP contribution is 2.42. The first kappa shape index (κ1) is 17.7. The zero-order chi connectivity index (χ0) is 15.4. The van der Waals surface area contributed by atoms with Crippen LogP contribution in [0.1, 0.15) is 6.92 Å². The molecule has 110 valence electrons. The lowest BCUT2D eigenvalue weighted by Crippen LogP contribution is -2.41. The standard InChI is InChI=1S/C11H9Cl4NO3S/c1-4(17)16-7(11(18)19)3-20-10-6(13)2-5(12)8(14)9(10)15/h2,7H,3H2,1H3,(H,16,17)(H,18,19)/t7-/m0/s1.